The molecule has 0 aromatic rings. The Hall–Kier alpha value is -1.10. The lowest BCUT2D eigenvalue weighted by Gasteiger charge is -2.23. The van der Waals surface area contributed by atoms with Gasteiger partial charge in [-0.1, -0.05) is 0 Å². The number of hydrogen-bond donors (Lipinski definition) is 1. The van der Waals surface area contributed by atoms with Crippen LogP contribution in [0, 0.1) is 5.92 Å². The highest BCUT2D eigenvalue weighted by molar-refractivity contribution is 5.78. The summed E-state index contributed by atoms with van der Waals surface area (Å²) in [4.78, 5) is 22.2. The molecule has 5 nitrogen and oxygen atoms in total. The lowest BCUT2D eigenvalue weighted by Crippen LogP contribution is -2.36. The van der Waals surface area contributed by atoms with Crippen molar-refractivity contribution in [3.63, 3.8) is 0 Å². The minimum absolute atomic E-state index is 0.0699. The van der Waals surface area contributed by atoms with Crippen LogP contribution in [-0.2, 0) is 19.1 Å². The molecule has 1 saturated heterocycles. The second-order valence-corrected chi connectivity index (χ2v) is 4.63. The summed E-state index contributed by atoms with van der Waals surface area (Å²) in [5, 5.41) is 9.59. The largest absolute Gasteiger partial charge is 0.465 e. The van der Waals surface area contributed by atoms with Crippen LogP contribution >= 0.6 is 0 Å². The maximum absolute atomic E-state index is 11.4. The van der Waals surface area contributed by atoms with Gasteiger partial charge in [-0.15, -0.1) is 0 Å². The van der Waals surface area contributed by atoms with Gasteiger partial charge in [0.1, 0.15) is 5.60 Å². The maximum Gasteiger partial charge on any atom is 0.335 e. The van der Waals surface area contributed by atoms with Crippen LogP contribution in [0.1, 0.15) is 27.2 Å². The third-order valence-electron chi connectivity index (χ3n) is 1.98. The third-order valence-corrected chi connectivity index (χ3v) is 1.98. The van der Waals surface area contributed by atoms with Crippen molar-refractivity contribution in [3.8, 4) is 0 Å². The summed E-state index contributed by atoms with van der Waals surface area (Å²) in [5.41, 5.74) is -0.637. The zero-order valence-electron chi connectivity index (χ0n) is 9.15. The molecule has 0 amide bonds. The van der Waals surface area contributed by atoms with Gasteiger partial charge < -0.3 is 14.6 Å². The first-order chi connectivity index (χ1) is 6.79. The van der Waals surface area contributed by atoms with Crippen molar-refractivity contribution in [3.05, 3.63) is 0 Å². The fourth-order valence-electron chi connectivity index (χ4n) is 1.29. The quantitative estimate of drug-likeness (QED) is 0.670. The number of carbonyl (C=O) groups is 2. The Labute approximate surface area is 88.4 Å². The summed E-state index contributed by atoms with van der Waals surface area (Å²) < 4.78 is 9.65. The fourth-order valence-corrected chi connectivity index (χ4v) is 1.29. The molecule has 0 saturated carbocycles. The number of cyclic esters (lactones) is 1. The van der Waals surface area contributed by atoms with Crippen LogP contribution in [-0.4, -0.2) is 35.4 Å². The molecule has 0 unspecified atom stereocenters. The Morgan fingerprint density at radius 1 is 1.60 bits per heavy atom. The first kappa shape index (κ1) is 12.0. The number of aliphatic hydroxyl groups excluding tert-OH is 1. The predicted octanol–water partition coefficient (Wildman–Crippen LogP) is 0.252. The van der Waals surface area contributed by atoms with Gasteiger partial charge in [0.2, 0.25) is 0 Å². The van der Waals surface area contributed by atoms with E-state index in [1.165, 1.54) is 0 Å². The summed E-state index contributed by atoms with van der Waals surface area (Å²) >= 11 is 0. The van der Waals surface area contributed by atoms with Crippen LogP contribution in [0.5, 0.6) is 0 Å². The molecule has 0 aliphatic carbocycles. The van der Waals surface area contributed by atoms with Crippen molar-refractivity contribution < 1.29 is 24.2 Å². The van der Waals surface area contributed by atoms with E-state index < -0.39 is 23.6 Å². The zero-order chi connectivity index (χ0) is 11.6. The molecule has 5 heteroatoms. The Balaban J connectivity index is 2.50. The minimum atomic E-state index is -1.28. The standard InChI is InChI=1S/C10H16O5/c1-10(2,3)15-9(13)8(12)6-4-7(11)14-5-6/h6,8,12H,4-5H2,1-3H3/t6-,8-/m1/s1. The van der Waals surface area contributed by atoms with Crippen LogP contribution in [0.3, 0.4) is 0 Å². The van der Waals surface area contributed by atoms with E-state index >= 15 is 0 Å². The van der Waals surface area contributed by atoms with Gasteiger partial charge in [0, 0.05) is 5.92 Å². The molecule has 1 rings (SSSR count). The van der Waals surface area contributed by atoms with Gasteiger partial charge in [0.05, 0.1) is 13.0 Å². The molecule has 1 heterocycles. The van der Waals surface area contributed by atoms with Crippen LogP contribution in [0.2, 0.25) is 0 Å². The summed E-state index contributed by atoms with van der Waals surface area (Å²) in [6.07, 6.45) is -1.21. The monoisotopic (exact) mass is 216 g/mol. The van der Waals surface area contributed by atoms with Crippen LogP contribution < -0.4 is 0 Å². The molecular weight excluding hydrogens is 200 g/mol. The second kappa shape index (κ2) is 4.18. The van der Waals surface area contributed by atoms with E-state index in [1.807, 2.05) is 0 Å². The number of carbonyl (C=O) groups excluding carboxylic acids is 2. The van der Waals surface area contributed by atoms with E-state index in [1.54, 1.807) is 20.8 Å². The number of ether oxygens (including phenoxy) is 2. The zero-order valence-corrected chi connectivity index (χ0v) is 9.15. The van der Waals surface area contributed by atoms with Gasteiger partial charge in [-0.05, 0) is 20.8 Å². The topological polar surface area (TPSA) is 72.8 Å². The van der Waals surface area contributed by atoms with Crippen molar-refractivity contribution in [1.82, 2.24) is 0 Å². The lowest BCUT2D eigenvalue weighted by molar-refractivity contribution is -0.168. The highest BCUT2D eigenvalue weighted by Gasteiger charge is 2.36. The van der Waals surface area contributed by atoms with E-state index in [9.17, 15) is 14.7 Å². The molecule has 1 fully saturated rings. The van der Waals surface area contributed by atoms with E-state index in [0.29, 0.717) is 0 Å². The number of aliphatic hydroxyl groups is 1. The Bertz CT molecular complexity index is 265. The van der Waals surface area contributed by atoms with Gasteiger partial charge in [0.15, 0.2) is 6.10 Å². The second-order valence-electron chi connectivity index (χ2n) is 4.63. The van der Waals surface area contributed by atoms with E-state index in [4.69, 9.17) is 4.74 Å². The Kier molecular flexibility index (Phi) is 3.34. The normalized spacial score (nSPS) is 23.5. The lowest BCUT2D eigenvalue weighted by atomic mass is 10.0. The average Bonchev–Trinajstić information content (AvgIpc) is 2.47. The van der Waals surface area contributed by atoms with Gasteiger partial charge in [-0.2, -0.15) is 0 Å². The molecule has 0 bridgehead atoms. The highest BCUT2D eigenvalue weighted by Crippen LogP contribution is 2.20. The number of rotatable bonds is 2. The van der Waals surface area contributed by atoms with Crippen LogP contribution in [0.15, 0.2) is 0 Å². The smallest absolute Gasteiger partial charge is 0.335 e. The van der Waals surface area contributed by atoms with E-state index in [0.717, 1.165) is 0 Å². The summed E-state index contributed by atoms with van der Waals surface area (Å²) in [6, 6.07) is 0. The summed E-state index contributed by atoms with van der Waals surface area (Å²) in [7, 11) is 0. The van der Waals surface area contributed by atoms with Gasteiger partial charge in [-0.25, -0.2) is 4.79 Å². The molecule has 86 valence electrons. The molecule has 2 atom stereocenters. The summed E-state index contributed by atoms with van der Waals surface area (Å²) in [6.45, 7) is 5.23. The maximum atomic E-state index is 11.4. The van der Waals surface area contributed by atoms with Crippen molar-refractivity contribution in [2.75, 3.05) is 6.61 Å². The van der Waals surface area contributed by atoms with Gasteiger partial charge in [0.25, 0.3) is 0 Å². The molecule has 1 aliphatic heterocycles. The number of hydrogen-bond acceptors (Lipinski definition) is 5. The number of esters is 2. The van der Waals surface area contributed by atoms with Gasteiger partial charge in [-0.3, -0.25) is 4.79 Å². The molecule has 0 aromatic heterocycles. The average molecular weight is 216 g/mol. The van der Waals surface area contributed by atoms with Crippen molar-refractivity contribution >= 4 is 11.9 Å². The fraction of sp³-hybridized carbons (Fsp3) is 0.800. The molecule has 1 N–H and O–H groups in total. The molecule has 0 aromatic carbocycles. The van der Waals surface area contributed by atoms with Crippen LogP contribution in [0.4, 0.5) is 0 Å². The first-order valence-corrected chi connectivity index (χ1v) is 4.86. The molecule has 15 heavy (non-hydrogen) atoms. The van der Waals surface area contributed by atoms with Crippen molar-refractivity contribution in [1.29, 1.82) is 0 Å². The van der Waals surface area contributed by atoms with Crippen molar-refractivity contribution in [2.24, 2.45) is 5.92 Å². The molecule has 0 radical (unpaired) electrons. The summed E-state index contributed by atoms with van der Waals surface area (Å²) in [5.74, 6) is -1.57. The SMILES string of the molecule is CC(C)(C)OC(=O)[C@H](O)[C@H]1COC(=O)C1. The molecular formula is C10H16O5. The highest BCUT2D eigenvalue weighted by atomic mass is 16.6. The van der Waals surface area contributed by atoms with Gasteiger partial charge >= 0.3 is 11.9 Å². The Morgan fingerprint density at radius 3 is 2.60 bits per heavy atom. The van der Waals surface area contributed by atoms with E-state index in [2.05, 4.69) is 4.74 Å². The first-order valence-electron chi connectivity index (χ1n) is 4.86. The van der Waals surface area contributed by atoms with Crippen molar-refractivity contribution in [2.45, 2.75) is 38.9 Å². The minimum Gasteiger partial charge on any atom is -0.465 e. The van der Waals surface area contributed by atoms with E-state index in [-0.39, 0.29) is 19.0 Å². The van der Waals surface area contributed by atoms with Crippen LogP contribution in [0.25, 0.3) is 0 Å². The molecule has 0 spiro atoms. The predicted molar refractivity (Wildman–Crippen MR) is 50.9 cm³/mol. The Morgan fingerprint density at radius 2 is 2.20 bits per heavy atom. The third kappa shape index (κ3) is 3.51. The molecule has 1 aliphatic rings.